The first-order chi connectivity index (χ1) is 16.1. The molecule has 3 aromatic carbocycles. The highest BCUT2D eigenvalue weighted by Crippen LogP contribution is 2.44. The number of aromatic nitrogens is 2. The van der Waals surface area contributed by atoms with E-state index < -0.39 is 5.92 Å². The fraction of sp³-hybridized carbons (Fsp3) is 0.143. The van der Waals surface area contributed by atoms with Crippen molar-refractivity contribution in [2.45, 2.75) is 12.3 Å². The summed E-state index contributed by atoms with van der Waals surface area (Å²) in [5.74, 6) is -0.855. The third-order valence-electron chi connectivity index (χ3n) is 6.85. The second-order valence-electron chi connectivity index (χ2n) is 8.65. The van der Waals surface area contributed by atoms with E-state index in [0.29, 0.717) is 5.69 Å². The van der Waals surface area contributed by atoms with Gasteiger partial charge in [0.05, 0.1) is 23.0 Å². The number of amides is 2. The van der Waals surface area contributed by atoms with Crippen LogP contribution >= 0.6 is 0 Å². The van der Waals surface area contributed by atoms with Crippen LogP contribution in [0.1, 0.15) is 17.9 Å². The van der Waals surface area contributed by atoms with Crippen molar-refractivity contribution in [1.82, 2.24) is 9.13 Å². The summed E-state index contributed by atoms with van der Waals surface area (Å²) < 4.78 is 4.32. The first kappa shape index (κ1) is 19.6. The van der Waals surface area contributed by atoms with Crippen LogP contribution in [0.3, 0.4) is 0 Å². The lowest BCUT2D eigenvalue weighted by atomic mass is 9.93. The quantitative estimate of drug-likeness (QED) is 0.359. The van der Waals surface area contributed by atoms with Gasteiger partial charge in [0, 0.05) is 47.9 Å². The Morgan fingerprint density at radius 3 is 2.18 bits per heavy atom. The van der Waals surface area contributed by atoms with Crippen molar-refractivity contribution in [2.24, 2.45) is 14.1 Å². The summed E-state index contributed by atoms with van der Waals surface area (Å²) in [6.45, 7) is 0. The number of carbonyl (C=O) groups excluding carboxylic acids is 2. The highest BCUT2D eigenvalue weighted by Gasteiger charge is 2.43. The summed E-state index contributed by atoms with van der Waals surface area (Å²) >= 11 is 0. The van der Waals surface area contributed by atoms with Crippen LogP contribution in [0.4, 0.5) is 5.69 Å². The molecule has 3 heterocycles. The van der Waals surface area contributed by atoms with Gasteiger partial charge in [-0.1, -0.05) is 54.6 Å². The number of nitrogens with zero attached hydrogens (tertiary/aromatic N) is 3. The van der Waals surface area contributed by atoms with Crippen molar-refractivity contribution >= 4 is 39.3 Å². The van der Waals surface area contributed by atoms with Crippen LogP contribution < -0.4 is 4.90 Å². The Morgan fingerprint density at radius 1 is 0.758 bits per heavy atom. The number of anilines is 1. The molecule has 6 rings (SSSR count). The van der Waals surface area contributed by atoms with Crippen molar-refractivity contribution in [3.63, 3.8) is 0 Å². The van der Waals surface area contributed by atoms with Gasteiger partial charge in [-0.25, -0.2) is 0 Å². The van der Waals surface area contributed by atoms with Crippen LogP contribution in [0.5, 0.6) is 0 Å². The molecule has 2 amide bonds. The van der Waals surface area contributed by atoms with Gasteiger partial charge in [0.2, 0.25) is 11.8 Å². The average molecular weight is 434 g/mol. The van der Waals surface area contributed by atoms with Crippen molar-refractivity contribution in [1.29, 1.82) is 0 Å². The Balaban J connectivity index is 1.60. The first-order valence-electron chi connectivity index (χ1n) is 11.1. The molecule has 1 atom stereocenters. The molecule has 5 aromatic rings. The van der Waals surface area contributed by atoms with Gasteiger partial charge in [-0.3, -0.25) is 14.5 Å². The highest BCUT2D eigenvalue weighted by atomic mass is 16.2. The lowest BCUT2D eigenvalue weighted by Crippen LogP contribution is -2.30. The van der Waals surface area contributed by atoms with E-state index in [1.807, 2.05) is 61.6 Å². The second kappa shape index (κ2) is 7.20. The maximum atomic E-state index is 13.7. The first-order valence-corrected chi connectivity index (χ1v) is 11.1. The number of benzene rings is 3. The van der Waals surface area contributed by atoms with Crippen molar-refractivity contribution in [2.75, 3.05) is 4.90 Å². The molecule has 1 fully saturated rings. The highest BCUT2D eigenvalue weighted by molar-refractivity contribution is 6.24. The Kier molecular flexibility index (Phi) is 4.27. The molecule has 162 valence electrons. The molecule has 1 unspecified atom stereocenters. The number of aryl methyl sites for hydroxylation is 2. The molecule has 2 aromatic heterocycles. The van der Waals surface area contributed by atoms with E-state index in [1.165, 1.54) is 4.90 Å². The Bertz CT molecular complexity index is 1560. The predicted molar refractivity (Wildman–Crippen MR) is 131 cm³/mol. The summed E-state index contributed by atoms with van der Waals surface area (Å²) in [7, 11) is 4.09. The SMILES string of the molecule is Cn1c(-c2c(C3CC(=O)N(c4ccccc4)C3=O)c3ccccc3n2C)cc2ccccc21. The zero-order chi connectivity index (χ0) is 22.7. The molecule has 0 radical (unpaired) electrons. The zero-order valence-corrected chi connectivity index (χ0v) is 18.5. The number of carbonyl (C=O) groups is 2. The van der Waals surface area contributed by atoms with E-state index in [2.05, 4.69) is 46.5 Å². The Hall–Kier alpha value is -4.12. The summed E-state index contributed by atoms with van der Waals surface area (Å²) in [6, 6.07) is 27.8. The molecule has 0 bridgehead atoms. The molecule has 5 nitrogen and oxygen atoms in total. The molecule has 1 aliphatic heterocycles. The molecule has 0 aliphatic carbocycles. The van der Waals surface area contributed by atoms with Crippen LogP contribution in [0.15, 0.2) is 84.9 Å². The monoisotopic (exact) mass is 433 g/mol. The van der Waals surface area contributed by atoms with E-state index in [4.69, 9.17) is 0 Å². The number of para-hydroxylation sites is 3. The van der Waals surface area contributed by atoms with Crippen molar-refractivity contribution < 1.29 is 9.59 Å². The second-order valence-corrected chi connectivity index (χ2v) is 8.65. The normalized spacial score (nSPS) is 16.4. The molecular weight excluding hydrogens is 410 g/mol. The minimum atomic E-state index is -0.531. The van der Waals surface area contributed by atoms with Crippen LogP contribution in [0, 0.1) is 0 Å². The van der Waals surface area contributed by atoms with Crippen molar-refractivity contribution in [3.05, 3.63) is 90.5 Å². The molecular formula is C28H23N3O2. The third-order valence-corrected chi connectivity index (χ3v) is 6.85. The van der Waals surface area contributed by atoms with E-state index in [0.717, 1.165) is 38.8 Å². The topological polar surface area (TPSA) is 47.2 Å². The number of fused-ring (bicyclic) bond motifs is 2. The minimum Gasteiger partial charge on any atom is -0.342 e. The van der Waals surface area contributed by atoms with Crippen LogP contribution in [0.2, 0.25) is 0 Å². The van der Waals surface area contributed by atoms with Gasteiger partial charge in [-0.15, -0.1) is 0 Å². The van der Waals surface area contributed by atoms with Gasteiger partial charge in [0.25, 0.3) is 0 Å². The van der Waals surface area contributed by atoms with Gasteiger partial charge >= 0.3 is 0 Å². The smallest absolute Gasteiger partial charge is 0.241 e. The average Bonchev–Trinajstić information content (AvgIpc) is 3.43. The van der Waals surface area contributed by atoms with Gasteiger partial charge in [-0.05, 0) is 30.3 Å². The molecule has 0 saturated carbocycles. The standard InChI is InChI=1S/C28H23N3O2/c1-29-22-14-8-6-10-18(22)16-24(29)27-26(20-13-7-9-15-23(20)30(27)2)21-17-25(32)31(28(21)33)19-11-4-3-5-12-19/h3-16,21H,17H2,1-2H3. The summed E-state index contributed by atoms with van der Waals surface area (Å²) in [5, 5.41) is 2.16. The maximum Gasteiger partial charge on any atom is 0.241 e. The number of imide groups is 1. The Morgan fingerprint density at radius 2 is 1.42 bits per heavy atom. The molecule has 33 heavy (non-hydrogen) atoms. The Labute approximate surface area is 191 Å². The van der Waals surface area contributed by atoms with Gasteiger partial charge in [0.1, 0.15) is 0 Å². The predicted octanol–water partition coefficient (Wildman–Crippen LogP) is 5.38. The van der Waals surface area contributed by atoms with E-state index >= 15 is 0 Å². The van der Waals surface area contributed by atoms with Gasteiger partial charge in [0.15, 0.2) is 0 Å². The molecule has 5 heteroatoms. The molecule has 1 aliphatic rings. The molecule has 1 saturated heterocycles. The zero-order valence-electron chi connectivity index (χ0n) is 18.5. The fourth-order valence-corrected chi connectivity index (χ4v) is 5.31. The number of hydrogen-bond acceptors (Lipinski definition) is 2. The summed E-state index contributed by atoms with van der Waals surface area (Å²) in [5.41, 5.74) is 5.74. The van der Waals surface area contributed by atoms with Crippen LogP contribution in [-0.2, 0) is 23.7 Å². The van der Waals surface area contributed by atoms with Gasteiger partial charge < -0.3 is 9.13 Å². The lowest BCUT2D eigenvalue weighted by molar-refractivity contribution is -0.121. The fourth-order valence-electron chi connectivity index (χ4n) is 5.31. The molecule has 0 spiro atoms. The van der Waals surface area contributed by atoms with E-state index in [-0.39, 0.29) is 18.2 Å². The maximum absolute atomic E-state index is 13.7. The minimum absolute atomic E-state index is 0.160. The van der Waals surface area contributed by atoms with Crippen LogP contribution in [-0.4, -0.2) is 20.9 Å². The summed E-state index contributed by atoms with van der Waals surface area (Å²) in [4.78, 5) is 28.1. The lowest BCUT2D eigenvalue weighted by Gasteiger charge is -2.16. The largest absolute Gasteiger partial charge is 0.342 e. The van der Waals surface area contributed by atoms with E-state index in [1.54, 1.807) is 0 Å². The third kappa shape index (κ3) is 2.79. The van der Waals surface area contributed by atoms with Crippen molar-refractivity contribution in [3.8, 4) is 11.4 Å². The number of hydrogen-bond donors (Lipinski definition) is 0. The molecule has 0 N–H and O–H groups in total. The number of rotatable bonds is 3. The summed E-state index contributed by atoms with van der Waals surface area (Å²) in [6.07, 6.45) is 0.165. The van der Waals surface area contributed by atoms with Crippen LogP contribution in [0.25, 0.3) is 33.2 Å². The van der Waals surface area contributed by atoms with E-state index in [9.17, 15) is 9.59 Å². The van der Waals surface area contributed by atoms with Gasteiger partial charge in [-0.2, -0.15) is 0 Å².